The molecule has 2 aromatic rings. The maximum Gasteiger partial charge on any atom is 0.407 e. The summed E-state index contributed by atoms with van der Waals surface area (Å²) in [6.45, 7) is 5.94. The fourth-order valence-corrected chi connectivity index (χ4v) is 3.40. The van der Waals surface area contributed by atoms with Gasteiger partial charge < -0.3 is 19.9 Å². The SMILES string of the molecule is Cc1cccc(N2CCN(C(=O)CCCNC(=O)OCc3ccccc3)CC2)c1. The molecule has 1 N–H and O–H groups in total. The third kappa shape index (κ3) is 6.52. The lowest BCUT2D eigenvalue weighted by Crippen LogP contribution is -2.48. The van der Waals surface area contributed by atoms with Gasteiger partial charge in [-0.05, 0) is 36.6 Å². The standard InChI is InChI=1S/C23H29N3O3/c1-19-7-5-10-21(17-19)25-13-15-26(16-14-25)22(27)11-6-12-24-23(28)29-18-20-8-3-2-4-9-20/h2-5,7-10,17H,6,11-16,18H2,1H3,(H,24,28). The van der Waals surface area contributed by atoms with E-state index >= 15 is 0 Å². The Bertz CT molecular complexity index is 802. The molecule has 0 bridgehead atoms. The molecule has 2 aromatic carbocycles. The largest absolute Gasteiger partial charge is 0.445 e. The van der Waals surface area contributed by atoms with Crippen LogP contribution in [0.15, 0.2) is 54.6 Å². The number of nitrogens with one attached hydrogen (secondary N) is 1. The maximum absolute atomic E-state index is 12.4. The molecule has 0 aromatic heterocycles. The summed E-state index contributed by atoms with van der Waals surface area (Å²) in [7, 11) is 0. The summed E-state index contributed by atoms with van der Waals surface area (Å²) < 4.78 is 5.16. The van der Waals surface area contributed by atoms with Crippen LogP contribution in [0, 0.1) is 6.92 Å². The fraction of sp³-hybridized carbons (Fsp3) is 0.391. The molecule has 0 unspecified atom stereocenters. The van der Waals surface area contributed by atoms with E-state index in [-0.39, 0.29) is 12.5 Å². The van der Waals surface area contributed by atoms with Crippen molar-refractivity contribution in [2.24, 2.45) is 0 Å². The van der Waals surface area contributed by atoms with Crippen LogP contribution in [0.2, 0.25) is 0 Å². The maximum atomic E-state index is 12.4. The number of carbonyl (C=O) groups excluding carboxylic acids is 2. The molecule has 3 rings (SSSR count). The van der Waals surface area contributed by atoms with Crippen LogP contribution in [0.5, 0.6) is 0 Å². The molecule has 154 valence electrons. The Morgan fingerprint density at radius 2 is 1.76 bits per heavy atom. The van der Waals surface area contributed by atoms with Crippen LogP contribution in [0.1, 0.15) is 24.0 Å². The van der Waals surface area contributed by atoms with Crippen molar-refractivity contribution in [3.8, 4) is 0 Å². The number of anilines is 1. The van der Waals surface area contributed by atoms with Crippen molar-refractivity contribution < 1.29 is 14.3 Å². The number of carbonyl (C=O) groups is 2. The van der Waals surface area contributed by atoms with Gasteiger partial charge in [0.1, 0.15) is 6.61 Å². The lowest BCUT2D eigenvalue weighted by atomic mass is 10.2. The summed E-state index contributed by atoms with van der Waals surface area (Å²) in [5.74, 6) is 0.147. The van der Waals surface area contributed by atoms with E-state index in [9.17, 15) is 9.59 Å². The van der Waals surface area contributed by atoms with Crippen molar-refractivity contribution >= 4 is 17.7 Å². The number of hydrogen-bond donors (Lipinski definition) is 1. The topological polar surface area (TPSA) is 61.9 Å². The van der Waals surface area contributed by atoms with Crippen LogP contribution in [-0.2, 0) is 16.1 Å². The van der Waals surface area contributed by atoms with Gasteiger partial charge in [-0.3, -0.25) is 4.79 Å². The van der Waals surface area contributed by atoms with E-state index < -0.39 is 6.09 Å². The molecule has 0 saturated carbocycles. The first-order chi connectivity index (χ1) is 14.1. The molecule has 0 aliphatic carbocycles. The molecule has 1 aliphatic rings. The molecule has 6 nitrogen and oxygen atoms in total. The van der Waals surface area contributed by atoms with E-state index in [4.69, 9.17) is 4.74 Å². The monoisotopic (exact) mass is 395 g/mol. The van der Waals surface area contributed by atoms with E-state index in [1.165, 1.54) is 11.3 Å². The van der Waals surface area contributed by atoms with E-state index in [0.717, 1.165) is 31.7 Å². The minimum absolute atomic E-state index is 0.147. The Balaban J connectivity index is 1.29. The second kappa shape index (κ2) is 10.5. The van der Waals surface area contributed by atoms with E-state index in [0.29, 0.717) is 19.4 Å². The summed E-state index contributed by atoms with van der Waals surface area (Å²) >= 11 is 0. The number of alkyl carbamates (subject to hydrolysis) is 1. The zero-order valence-electron chi connectivity index (χ0n) is 17.0. The van der Waals surface area contributed by atoms with Crippen LogP contribution < -0.4 is 10.2 Å². The van der Waals surface area contributed by atoms with Crippen molar-refractivity contribution in [3.63, 3.8) is 0 Å². The van der Waals surface area contributed by atoms with Gasteiger partial charge in [-0.2, -0.15) is 0 Å². The molecular formula is C23H29N3O3. The minimum atomic E-state index is -0.451. The normalized spacial score (nSPS) is 13.8. The Kier molecular flexibility index (Phi) is 7.50. The predicted octanol–water partition coefficient (Wildman–Crippen LogP) is 3.35. The highest BCUT2D eigenvalue weighted by Gasteiger charge is 2.21. The molecule has 29 heavy (non-hydrogen) atoms. The molecule has 1 fully saturated rings. The number of hydrogen-bond acceptors (Lipinski definition) is 4. The highest BCUT2D eigenvalue weighted by Crippen LogP contribution is 2.18. The third-order valence-corrected chi connectivity index (χ3v) is 5.05. The number of benzene rings is 2. The zero-order chi connectivity index (χ0) is 20.5. The molecule has 6 heteroatoms. The van der Waals surface area contributed by atoms with Crippen molar-refractivity contribution in [2.45, 2.75) is 26.4 Å². The average Bonchev–Trinajstić information content (AvgIpc) is 2.76. The molecule has 2 amide bonds. The minimum Gasteiger partial charge on any atom is -0.445 e. The fourth-order valence-electron chi connectivity index (χ4n) is 3.40. The van der Waals surface area contributed by atoms with Crippen LogP contribution in [0.3, 0.4) is 0 Å². The average molecular weight is 396 g/mol. The lowest BCUT2D eigenvalue weighted by molar-refractivity contribution is -0.131. The van der Waals surface area contributed by atoms with Gasteiger partial charge in [0, 0.05) is 44.8 Å². The predicted molar refractivity (Wildman–Crippen MR) is 114 cm³/mol. The number of nitrogens with zero attached hydrogens (tertiary/aromatic N) is 2. The molecule has 0 spiro atoms. The summed E-state index contributed by atoms with van der Waals surface area (Å²) in [6, 6.07) is 18.0. The molecule has 0 atom stereocenters. The summed E-state index contributed by atoms with van der Waals surface area (Å²) in [6.07, 6.45) is 0.592. The van der Waals surface area contributed by atoms with E-state index in [1.54, 1.807) is 0 Å². The Morgan fingerprint density at radius 3 is 2.48 bits per heavy atom. The van der Waals surface area contributed by atoms with Crippen molar-refractivity contribution in [1.29, 1.82) is 0 Å². The molecule has 1 aliphatic heterocycles. The van der Waals surface area contributed by atoms with Crippen LogP contribution in [0.4, 0.5) is 10.5 Å². The van der Waals surface area contributed by atoms with Crippen molar-refractivity contribution in [3.05, 3.63) is 65.7 Å². The van der Waals surface area contributed by atoms with Crippen molar-refractivity contribution in [2.75, 3.05) is 37.6 Å². The van der Waals surface area contributed by atoms with Gasteiger partial charge in [-0.1, -0.05) is 42.5 Å². The van der Waals surface area contributed by atoms with Gasteiger partial charge >= 0.3 is 6.09 Å². The van der Waals surface area contributed by atoms with Gasteiger partial charge in [0.15, 0.2) is 0 Å². The smallest absolute Gasteiger partial charge is 0.407 e. The quantitative estimate of drug-likeness (QED) is 0.731. The summed E-state index contributed by atoms with van der Waals surface area (Å²) in [5.41, 5.74) is 3.41. The summed E-state index contributed by atoms with van der Waals surface area (Å²) in [4.78, 5) is 28.4. The Morgan fingerprint density at radius 1 is 1.00 bits per heavy atom. The Labute approximate surface area is 172 Å². The molecular weight excluding hydrogens is 366 g/mol. The van der Waals surface area contributed by atoms with Gasteiger partial charge in [0.25, 0.3) is 0 Å². The van der Waals surface area contributed by atoms with Gasteiger partial charge in [-0.15, -0.1) is 0 Å². The number of piperazine rings is 1. The second-order valence-corrected chi connectivity index (χ2v) is 7.30. The van der Waals surface area contributed by atoms with Gasteiger partial charge in [0.2, 0.25) is 5.91 Å². The van der Waals surface area contributed by atoms with Crippen molar-refractivity contribution in [1.82, 2.24) is 10.2 Å². The van der Waals surface area contributed by atoms with Crippen LogP contribution >= 0.6 is 0 Å². The van der Waals surface area contributed by atoms with E-state index in [1.807, 2.05) is 35.2 Å². The number of amides is 2. The van der Waals surface area contributed by atoms with Crippen LogP contribution in [0.25, 0.3) is 0 Å². The Hall–Kier alpha value is -3.02. The van der Waals surface area contributed by atoms with Gasteiger partial charge in [-0.25, -0.2) is 4.79 Å². The first-order valence-electron chi connectivity index (χ1n) is 10.2. The third-order valence-electron chi connectivity index (χ3n) is 5.05. The lowest BCUT2D eigenvalue weighted by Gasteiger charge is -2.36. The number of ether oxygens (including phenoxy) is 1. The summed E-state index contributed by atoms with van der Waals surface area (Å²) in [5, 5.41) is 2.70. The molecule has 1 saturated heterocycles. The first kappa shape index (κ1) is 20.7. The molecule has 1 heterocycles. The highest BCUT2D eigenvalue weighted by atomic mass is 16.5. The van der Waals surface area contributed by atoms with Gasteiger partial charge in [0.05, 0.1) is 0 Å². The molecule has 0 radical (unpaired) electrons. The number of aryl methyl sites for hydroxylation is 1. The highest BCUT2D eigenvalue weighted by molar-refractivity contribution is 5.76. The second-order valence-electron chi connectivity index (χ2n) is 7.30. The first-order valence-corrected chi connectivity index (χ1v) is 10.2. The number of rotatable bonds is 7. The van der Waals surface area contributed by atoms with E-state index in [2.05, 4.69) is 41.4 Å². The zero-order valence-corrected chi connectivity index (χ0v) is 17.0. The van der Waals surface area contributed by atoms with Crippen LogP contribution in [-0.4, -0.2) is 49.6 Å².